The number of benzene rings is 2. The molecular formula is C41H60N2S. The zero-order valence-corrected chi connectivity index (χ0v) is 29.3. The molecule has 2 atom stereocenters. The molecule has 1 aliphatic rings. The average molecular weight is 613 g/mol. The first-order valence-corrected chi connectivity index (χ1v) is 18.3. The fourth-order valence-corrected chi connectivity index (χ4v) is 7.20. The van der Waals surface area contributed by atoms with Crippen LogP contribution >= 0.6 is 11.8 Å². The summed E-state index contributed by atoms with van der Waals surface area (Å²) >= 11 is 1.98. The highest BCUT2D eigenvalue weighted by atomic mass is 32.2. The zero-order valence-electron chi connectivity index (χ0n) is 28.5. The smallest absolute Gasteiger partial charge is 0.0489 e. The van der Waals surface area contributed by atoms with Crippen molar-refractivity contribution in [2.45, 2.75) is 116 Å². The standard InChI is InChI=1S/C24H34N2.C17H26S/c1-4-24(2,3)16-21-17-26-23-20(6-5-7-22(21)23)13-12-18-8-10-19(11-9-18)14-15-25;1-4-7-11-15(6-3)16-12-9-10-13-17(16)18-14-8-5-2/h5-8,10-11,17-18,26H,4,9,12-16,25H2,1-3H3;5,9-10,12-13,15H,2,4,6-8,11,14H2,1,3H3. The first-order valence-electron chi connectivity index (χ1n) is 17.3. The van der Waals surface area contributed by atoms with Crippen molar-refractivity contribution in [1.29, 1.82) is 0 Å². The Hall–Kier alpha value is -2.49. The second kappa shape index (κ2) is 19.1. The minimum atomic E-state index is 0.353. The van der Waals surface area contributed by atoms with Crippen molar-refractivity contribution in [3.8, 4) is 0 Å². The summed E-state index contributed by atoms with van der Waals surface area (Å²) in [5.41, 5.74) is 13.2. The number of nitrogens with one attached hydrogen (secondary N) is 1. The summed E-state index contributed by atoms with van der Waals surface area (Å²) in [6, 6.07) is 15.7. The molecule has 2 aromatic carbocycles. The van der Waals surface area contributed by atoms with E-state index in [0.29, 0.717) is 11.3 Å². The lowest BCUT2D eigenvalue weighted by molar-refractivity contribution is 0.350. The maximum atomic E-state index is 5.65. The normalized spacial score (nSPS) is 15.5. The monoisotopic (exact) mass is 612 g/mol. The predicted octanol–water partition coefficient (Wildman–Crippen LogP) is 12.0. The third-order valence-electron chi connectivity index (χ3n) is 9.33. The van der Waals surface area contributed by atoms with Crippen LogP contribution in [0, 0.1) is 11.3 Å². The Morgan fingerprint density at radius 3 is 2.57 bits per heavy atom. The van der Waals surface area contributed by atoms with Gasteiger partial charge in [-0.15, -0.1) is 18.3 Å². The van der Waals surface area contributed by atoms with E-state index in [9.17, 15) is 0 Å². The van der Waals surface area contributed by atoms with Crippen LogP contribution in [0.5, 0.6) is 0 Å². The van der Waals surface area contributed by atoms with Crippen LogP contribution in [-0.2, 0) is 12.8 Å². The average Bonchev–Trinajstić information content (AvgIpc) is 3.45. The molecule has 0 fully saturated rings. The summed E-state index contributed by atoms with van der Waals surface area (Å²) in [6.45, 7) is 16.1. The van der Waals surface area contributed by atoms with Crippen molar-refractivity contribution in [3.05, 3.63) is 102 Å². The number of aryl methyl sites for hydroxylation is 1. The first kappa shape index (κ1) is 36.0. The maximum absolute atomic E-state index is 5.65. The van der Waals surface area contributed by atoms with Crippen molar-refractivity contribution >= 4 is 22.7 Å². The van der Waals surface area contributed by atoms with Crippen LogP contribution in [-0.4, -0.2) is 17.3 Å². The number of H-pyrrole nitrogens is 1. The Morgan fingerprint density at radius 1 is 1.07 bits per heavy atom. The highest BCUT2D eigenvalue weighted by molar-refractivity contribution is 7.99. The molecule has 2 nitrogen and oxygen atoms in total. The molecule has 0 radical (unpaired) electrons. The summed E-state index contributed by atoms with van der Waals surface area (Å²) in [5, 5.41) is 1.41. The number of thioether (sulfide) groups is 1. The van der Waals surface area contributed by atoms with Crippen LogP contribution in [0.1, 0.15) is 115 Å². The Bertz CT molecular complexity index is 1330. The number of aromatic nitrogens is 1. The van der Waals surface area contributed by atoms with Gasteiger partial charge in [0.1, 0.15) is 0 Å². The fourth-order valence-electron chi connectivity index (χ4n) is 6.12. The van der Waals surface area contributed by atoms with Gasteiger partial charge in [0.2, 0.25) is 0 Å². The molecule has 3 aromatic rings. The Kier molecular flexibility index (Phi) is 15.6. The number of fused-ring (bicyclic) bond motifs is 1. The van der Waals surface area contributed by atoms with Gasteiger partial charge >= 0.3 is 0 Å². The molecule has 3 heteroatoms. The number of unbranched alkanes of at least 4 members (excludes halogenated alkanes) is 1. The van der Waals surface area contributed by atoms with E-state index in [2.05, 4.69) is 113 Å². The number of nitrogens with two attached hydrogens (primary N) is 1. The summed E-state index contributed by atoms with van der Waals surface area (Å²) in [4.78, 5) is 5.05. The van der Waals surface area contributed by atoms with Gasteiger partial charge in [0.25, 0.3) is 0 Å². The third kappa shape index (κ3) is 11.1. The molecule has 240 valence electrons. The minimum Gasteiger partial charge on any atom is -0.361 e. The maximum Gasteiger partial charge on any atom is 0.0489 e. The van der Waals surface area contributed by atoms with Crippen LogP contribution in [0.15, 0.2) is 90.0 Å². The molecule has 1 heterocycles. The number of allylic oxidation sites excluding steroid dienone is 4. The lowest BCUT2D eigenvalue weighted by Crippen LogP contribution is -2.12. The lowest BCUT2D eigenvalue weighted by Gasteiger charge is -2.22. The Morgan fingerprint density at radius 2 is 1.89 bits per heavy atom. The molecule has 44 heavy (non-hydrogen) atoms. The van der Waals surface area contributed by atoms with E-state index in [4.69, 9.17) is 5.73 Å². The summed E-state index contributed by atoms with van der Waals surface area (Å²) in [7, 11) is 0. The van der Waals surface area contributed by atoms with Gasteiger partial charge in [-0.05, 0) is 97.9 Å². The molecule has 0 bridgehead atoms. The van der Waals surface area contributed by atoms with E-state index >= 15 is 0 Å². The van der Waals surface area contributed by atoms with Gasteiger partial charge in [-0.2, -0.15) is 0 Å². The summed E-state index contributed by atoms with van der Waals surface area (Å²) < 4.78 is 0. The van der Waals surface area contributed by atoms with Gasteiger partial charge < -0.3 is 10.7 Å². The second-order valence-corrected chi connectivity index (χ2v) is 14.4. The Balaban J connectivity index is 0.000000259. The Labute approximate surface area is 274 Å². The van der Waals surface area contributed by atoms with Crippen molar-refractivity contribution in [2.24, 2.45) is 17.1 Å². The molecule has 3 N–H and O–H groups in total. The summed E-state index contributed by atoms with van der Waals surface area (Å²) in [5.74, 6) is 2.53. The molecule has 1 aliphatic carbocycles. The highest BCUT2D eigenvalue weighted by Crippen LogP contribution is 2.34. The van der Waals surface area contributed by atoms with E-state index in [1.807, 2.05) is 17.8 Å². The quantitative estimate of drug-likeness (QED) is 0.0904. The molecule has 0 saturated heterocycles. The third-order valence-corrected chi connectivity index (χ3v) is 10.5. The molecule has 0 spiro atoms. The second-order valence-electron chi connectivity index (χ2n) is 13.3. The molecule has 2 unspecified atom stereocenters. The van der Waals surface area contributed by atoms with Gasteiger partial charge in [0, 0.05) is 27.7 Å². The van der Waals surface area contributed by atoms with Crippen molar-refractivity contribution < 1.29 is 0 Å². The predicted molar refractivity (Wildman–Crippen MR) is 198 cm³/mol. The molecule has 0 saturated carbocycles. The minimum absolute atomic E-state index is 0.353. The molecular weight excluding hydrogens is 553 g/mol. The van der Waals surface area contributed by atoms with Crippen molar-refractivity contribution in [3.63, 3.8) is 0 Å². The highest BCUT2D eigenvalue weighted by Gasteiger charge is 2.19. The van der Waals surface area contributed by atoms with Crippen LogP contribution < -0.4 is 5.73 Å². The number of aromatic amines is 1. The van der Waals surface area contributed by atoms with Gasteiger partial charge in [0.05, 0.1) is 0 Å². The van der Waals surface area contributed by atoms with Crippen molar-refractivity contribution in [1.82, 2.24) is 4.98 Å². The first-order chi connectivity index (χ1) is 21.3. The molecule has 1 aromatic heterocycles. The van der Waals surface area contributed by atoms with Gasteiger partial charge in [0.15, 0.2) is 0 Å². The van der Waals surface area contributed by atoms with Crippen LogP contribution in [0.25, 0.3) is 10.9 Å². The number of rotatable bonds is 17. The van der Waals surface area contributed by atoms with Crippen molar-refractivity contribution in [2.75, 3.05) is 12.3 Å². The largest absolute Gasteiger partial charge is 0.361 e. The molecule has 4 rings (SSSR count). The van der Waals surface area contributed by atoms with Gasteiger partial charge in [-0.3, -0.25) is 0 Å². The van der Waals surface area contributed by atoms with Crippen LogP contribution in [0.2, 0.25) is 0 Å². The van der Waals surface area contributed by atoms with Gasteiger partial charge in [-0.25, -0.2) is 0 Å². The summed E-state index contributed by atoms with van der Waals surface area (Å²) in [6.07, 6.45) is 24.4. The van der Waals surface area contributed by atoms with E-state index in [1.165, 1.54) is 71.0 Å². The SMILES string of the molecule is C=CCCSc1ccccc1C(CC)CCCC.CCC(C)(C)Cc1c[nH]c2c(CCC3C=CC(CCN)=CC3)cccc12. The van der Waals surface area contributed by atoms with E-state index in [1.54, 1.807) is 5.56 Å². The van der Waals surface area contributed by atoms with Crippen LogP contribution in [0.3, 0.4) is 0 Å². The topological polar surface area (TPSA) is 41.8 Å². The zero-order chi connectivity index (χ0) is 31.8. The van der Waals surface area contributed by atoms with E-state index < -0.39 is 0 Å². The molecule has 0 amide bonds. The lowest BCUT2D eigenvalue weighted by atomic mass is 9.83. The molecule has 0 aliphatic heterocycles. The van der Waals surface area contributed by atoms with E-state index in [-0.39, 0.29) is 0 Å². The number of hydrogen-bond acceptors (Lipinski definition) is 2. The van der Waals surface area contributed by atoms with E-state index in [0.717, 1.165) is 50.3 Å². The fraction of sp³-hybridized carbons (Fsp3) is 0.512. The van der Waals surface area contributed by atoms with Crippen LogP contribution in [0.4, 0.5) is 0 Å². The number of hydrogen-bond donors (Lipinski definition) is 2. The van der Waals surface area contributed by atoms with Gasteiger partial charge in [-0.1, -0.05) is 120 Å². The number of para-hydroxylation sites is 1.